The topological polar surface area (TPSA) is 151 Å². The van der Waals surface area contributed by atoms with E-state index in [0.717, 1.165) is 0 Å². The van der Waals surface area contributed by atoms with Gasteiger partial charge in [-0.15, -0.1) is 0 Å². The fourth-order valence-corrected chi connectivity index (χ4v) is 4.91. The van der Waals surface area contributed by atoms with E-state index in [-0.39, 0.29) is 24.7 Å². The highest BCUT2D eigenvalue weighted by molar-refractivity contribution is 5.73. The summed E-state index contributed by atoms with van der Waals surface area (Å²) in [6.07, 6.45) is -0.911. The first kappa shape index (κ1) is 27.6. The lowest BCUT2D eigenvalue weighted by atomic mass is 9.86. The SMILES string of the molecule is COCCOC(=O)OC1=C(C)Nc2nc(N3CCOCC3)nc(N3CCOCC3)c2C1c1cccc([N+](=O)[O-])c1. The minimum Gasteiger partial charge on any atom is -0.432 e. The molecule has 1 atom stereocenters. The molecule has 14 heteroatoms. The van der Waals surface area contributed by atoms with Gasteiger partial charge in [-0.1, -0.05) is 12.1 Å². The molecule has 0 radical (unpaired) electrons. The summed E-state index contributed by atoms with van der Waals surface area (Å²) < 4.78 is 27.0. The molecule has 5 rings (SSSR count). The lowest BCUT2D eigenvalue weighted by Gasteiger charge is -2.36. The summed E-state index contributed by atoms with van der Waals surface area (Å²) in [6.45, 7) is 6.62. The van der Waals surface area contributed by atoms with Gasteiger partial charge in [-0.05, 0) is 12.5 Å². The third-order valence-electron chi connectivity index (χ3n) is 6.86. The van der Waals surface area contributed by atoms with E-state index < -0.39 is 17.0 Å². The number of anilines is 3. The number of methoxy groups -OCH3 is 1. The smallest absolute Gasteiger partial charge is 0.432 e. The maximum atomic E-state index is 12.7. The van der Waals surface area contributed by atoms with Crippen LogP contribution in [0, 0.1) is 10.1 Å². The molecule has 0 saturated carbocycles. The Morgan fingerprint density at radius 1 is 1.10 bits per heavy atom. The van der Waals surface area contributed by atoms with Crippen LogP contribution in [0.15, 0.2) is 35.7 Å². The van der Waals surface area contributed by atoms with Gasteiger partial charge in [0, 0.05) is 45.4 Å². The van der Waals surface area contributed by atoms with E-state index >= 15 is 0 Å². The zero-order chi connectivity index (χ0) is 28.1. The first-order valence-corrected chi connectivity index (χ1v) is 13.1. The zero-order valence-corrected chi connectivity index (χ0v) is 22.5. The van der Waals surface area contributed by atoms with Gasteiger partial charge in [0.15, 0.2) is 0 Å². The number of rotatable bonds is 8. The predicted molar refractivity (Wildman–Crippen MR) is 144 cm³/mol. The quantitative estimate of drug-likeness (QED) is 0.220. The van der Waals surface area contributed by atoms with E-state index in [1.165, 1.54) is 19.2 Å². The number of nitrogens with zero attached hydrogens (tertiary/aromatic N) is 5. The molecule has 3 aliphatic rings. The monoisotopic (exact) mass is 556 g/mol. The number of nitrogens with one attached hydrogen (secondary N) is 1. The molecule has 0 aliphatic carbocycles. The average molecular weight is 557 g/mol. The molecule has 1 aromatic heterocycles. The average Bonchev–Trinajstić information content (AvgIpc) is 2.98. The van der Waals surface area contributed by atoms with Crippen molar-refractivity contribution in [3.8, 4) is 0 Å². The van der Waals surface area contributed by atoms with Crippen LogP contribution < -0.4 is 15.1 Å². The molecule has 2 fully saturated rings. The van der Waals surface area contributed by atoms with Crippen LogP contribution in [0.1, 0.15) is 24.0 Å². The fraction of sp³-hybridized carbons (Fsp3) is 0.500. The summed E-state index contributed by atoms with van der Waals surface area (Å²) in [7, 11) is 1.50. The van der Waals surface area contributed by atoms with Crippen LogP contribution in [0.3, 0.4) is 0 Å². The first-order valence-electron chi connectivity index (χ1n) is 13.1. The number of carbonyl (C=O) groups is 1. The Morgan fingerprint density at radius 3 is 2.48 bits per heavy atom. The first-order chi connectivity index (χ1) is 19.5. The zero-order valence-electron chi connectivity index (χ0n) is 22.5. The third kappa shape index (κ3) is 5.93. The van der Waals surface area contributed by atoms with Gasteiger partial charge < -0.3 is 38.8 Å². The Morgan fingerprint density at radius 2 is 1.80 bits per heavy atom. The number of benzene rings is 1. The molecular formula is C26H32N6O8. The Hall–Kier alpha value is -4.01. The van der Waals surface area contributed by atoms with E-state index in [4.69, 9.17) is 33.7 Å². The van der Waals surface area contributed by atoms with Crippen LogP contribution in [0.25, 0.3) is 0 Å². The van der Waals surface area contributed by atoms with Crippen LogP contribution in [0.4, 0.5) is 28.1 Å². The van der Waals surface area contributed by atoms with Crippen LogP contribution in [0.5, 0.6) is 0 Å². The number of ether oxygens (including phenoxy) is 5. The van der Waals surface area contributed by atoms with Crippen LogP contribution in [0.2, 0.25) is 0 Å². The maximum absolute atomic E-state index is 12.7. The number of nitro benzene ring substituents is 1. The Balaban J connectivity index is 1.65. The van der Waals surface area contributed by atoms with Gasteiger partial charge in [-0.25, -0.2) is 4.79 Å². The Bertz CT molecular complexity index is 1280. The fourth-order valence-electron chi connectivity index (χ4n) is 4.91. The standard InChI is InChI=1S/C26H32N6O8/c1-17-22(40-26(33)39-15-14-36-2)20(18-4-3-5-19(16-18)32(34)35)21-23(27-17)28-25(31-8-12-38-13-9-31)29-24(21)30-6-10-37-11-7-30/h3-5,16,20H,6-15H2,1-2H3,(H,27,28,29). The number of morpholine rings is 2. The van der Waals surface area contributed by atoms with Gasteiger partial charge in [0.05, 0.1) is 55.1 Å². The molecule has 1 aromatic carbocycles. The van der Waals surface area contributed by atoms with Gasteiger partial charge in [-0.3, -0.25) is 10.1 Å². The number of hydrogen-bond acceptors (Lipinski definition) is 13. The van der Waals surface area contributed by atoms with Crippen molar-refractivity contribution < 1.29 is 33.4 Å². The molecule has 0 bridgehead atoms. The molecule has 0 spiro atoms. The van der Waals surface area contributed by atoms with E-state index in [1.54, 1.807) is 19.1 Å². The number of hydrogen-bond donors (Lipinski definition) is 1. The lowest BCUT2D eigenvalue weighted by Crippen LogP contribution is -2.41. The van der Waals surface area contributed by atoms with Gasteiger partial charge in [0.2, 0.25) is 5.95 Å². The van der Waals surface area contributed by atoms with Crippen LogP contribution in [-0.4, -0.2) is 94.0 Å². The Kier molecular flexibility index (Phi) is 8.57. The van der Waals surface area contributed by atoms with E-state index in [2.05, 4.69) is 15.1 Å². The van der Waals surface area contributed by atoms with Gasteiger partial charge in [-0.2, -0.15) is 9.97 Å². The molecule has 2 saturated heterocycles. The molecule has 0 amide bonds. The van der Waals surface area contributed by atoms with Crippen molar-refractivity contribution >= 4 is 29.4 Å². The molecule has 3 aliphatic heterocycles. The lowest BCUT2D eigenvalue weighted by molar-refractivity contribution is -0.384. The van der Waals surface area contributed by atoms with Gasteiger partial charge >= 0.3 is 6.16 Å². The largest absolute Gasteiger partial charge is 0.513 e. The Labute approximate surface area is 231 Å². The number of fused-ring (bicyclic) bond motifs is 1. The maximum Gasteiger partial charge on any atom is 0.513 e. The summed E-state index contributed by atoms with van der Waals surface area (Å²) in [4.78, 5) is 38.0. The third-order valence-corrected chi connectivity index (χ3v) is 6.86. The summed E-state index contributed by atoms with van der Waals surface area (Å²) in [5, 5.41) is 15.0. The van der Waals surface area contributed by atoms with Crippen molar-refractivity contribution in [2.24, 2.45) is 0 Å². The summed E-state index contributed by atoms with van der Waals surface area (Å²) in [5.41, 5.74) is 1.63. The molecule has 214 valence electrons. The van der Waals surface area contributed by atoms with Crippen LogP contribution in [-0.2, 0) is 23.7 Å². The van der Waals surface area contributed by atoms with Crippen molar-refractivity contribution in [3.05, 3.63) is 57.0 Å². The molecule has 2 aromatic rings. The summed E-state index contributed by atoms with van der Waals surface area (Å²) in [5.74, 6) is 1.23. The molecule has 14 nitrogen and oxygen atoms in total. The number of carbonyl (C=O) groups excluding carboxylic acids is 1. The highest BCUT2D eigenvalue weighted by Gasteiger charge is 2.38. The molecule has 40 heavy (non-hydrogen) atoms. The molecular weight excluding hydrogens is 524 g/mol. The summed E-state index contributed by atoms with van der Waals surface area (Å²) in [6, 6.07) is 6.27. The minimum absolute atomic E-state index is 0.0121. The van der Waals surface area contributed by atoms with Gasteiger partial charge in [0.25, 0.3) is 5.69 Å². The minimum atomic E-state index is -0.911. The second kappa shape index (κ2) is 12.4. The van der Waals surface area contributed by atoms with Crippen molar-refractivity contribution in [3.63, 3.8) is 0 Å². The van der Waals surface area contributed by atoms with E-state index in [1.807, 2.05) is 0 Å². The second-order valence-corrected chi connectivity index (χ2v) is 9.40. The van der Waals surface area contributed by atoms with Crippen molar-refractivity contribution in [1.29, 1.82) is 0 Å². The highest BCUT2D eigenvalue weighted by Crippen LogP contribution is 2.47. The molecule has 1 unspecified atom stereocenters. The van der Waals surface area contributed by atoms with Crippen molar-refractivity contribution in [2.45, 2.75) is 12.8 Å². The second-order valence-electron chi connectivity index (χ2n) is 9.40. The molecule has 4 heterocycles. The number of nitro groups is 1. The van der Waals surface area contributed by atoms with Crippen molar-refractivity contribution in [1.82, 2.24) is 9.97 Å². The van der Waals surface area contributed by atoms with E-state index in [0.29, 0.717) is 87.0 Å². The number of allylic oxidation sites excluding steroid dienone is 2. The number of non-ortho nitro benzene ring substituents is 1. The number of aromatic nitrogens is 2. The highest BCUT2D eigenvalue weighted by atomic mass is 16.7. The van der Waals surface area contributed by atoms with Gasteiger partial charge in [0.1, 0.15) is 24.0 Å². The summed E-state index contributed by atoms with van der Waals surface area (Å²) >= 11 is 0. The van der Waals surface area contributed by atoms with Crippen LogP contribution >= 0.6 is 0 Å². The normalized spacial score (nSPS) is 19.1. The van der Waals surface area contributed by atoms with Crippen molar-refractivity contribution in [2.75, 3.05) is 88.0 Å². The molecule has 1 N–H and O–H groups in total. The predicted octanol–water partition coefficient (Wildman–Crippen LogP) is 2.65. The van der Waals surface area contributed by atoms with E-state index in [9.17, 15) is 14.9 Å².